The van der Waals surface area contributed by atoms with E-state index in [2.05, 4.69) is 20.8 Å². The first-order valence-electron chi connectivity index (χ1n) is 46.3. The number of unbranched alkanes of at least 4 members (excludes halogenated alkanes) is 15. The summed E-state index contributed by atoms with van der Waals surface area (Å²) in [7, 11) is 0. The summed E-state index contributed by atoms with van der Waals surface area (Å²) in [6.07, 6.45) is 38.4. The minimum Gasteiger partial charge on any atom is -0.465 e. The fourth-order valence-electron chi connectivity index (χ4n) is 14.2. The van der Waals surface area contributed by atoms with Crippen LogP contribution in [0, 0.1) is 39.4 Å². The zero-order valence-corrected chi connectivity index (χ0v) is 76.5. The topological polar surface area (TPSA) is 316 Å². The minimum atomic E-state index is -0.833. The zero-order chi connectivity index (χ0) is 90.3. The Morgan fingerprint density at radius 2 is 0.439 bits per heavy atom. The summed E-state index contributed by atoms with van der Waals surface area (Å²) in [5, 5.41) is 0. The van der Waals surface area contributed by atoms with Gasteiger partial charge >= 0.3 is 71.6 Å². The van der Waals surface area contributed by atoms with Crippen LogP contribution in [-0.2, 0) is 100.0 Å². The number of rotatable bonds is 55. The molecule has 3 aliphatic carbocycles. The van der Waals surface area contributed by atoms with Gasteiger partial charge in [0.25, 0.3) is 0 Å². The smallest absolute Gasteiger partial charge is 0.338 e. The van der Waals surface area contributed by atoms with Crippen molar-refractivity contribution >= 4 is 71.6 Å². The van der Waals surface area contributed by atoms with Gasteiger partial charge in [0.1, 0.15) is 79.3 Å². The number of hydrogen-bond donors (Lipinski definition) is 0. The quantitative estimate of drug-likeness (QED) is 0.0288. The number of hydrogen-bond acceptors (Lipinski definition) is 24. The van der Waals surface area contributed by atoms with Gasteiger partial charge in [0.2, 0.25) is 0 Å². The van der Waals surface area contributed by atoms with Gasteiger partial charge in [-0.2, -0.15) is 0 Å². The maximum Gasteiger partial charge on any atom is 0.338 e. The van der Waals surface area contributed by atoms with Crippen LogP contribution < -0.4 is 0 Å². The van der Waals surface area contributed by atoms with Gasteiger partial charge < -0.3 is 56.8 Å². The Bertz CT molecular complexity index is 3210. The van der Waals surface area contributed by atoms with E-state index in [-0.39, 0.29) is 133 Å². The van der Waals surface area contributed by atoms with Crippen LogP contribution in [0.3, 0.4) is 0 Å². The molecule has 3 saturated carbocycles. The van der Waals surface area contributed by atoms with Crippen LogP contribution in [0.2, 0.25) is 0 Å². The Morgan fingerprint density at radius 3 is 0.650 bits per heavy atom. The lowest BCUT2D eigenvalue weighted by atomic mass is 9.86. The molecule has 0 N–H and O–H groups in total. The Hall–Kier alpha value is -8.70. The van der Waals surface area contributed by atoms with Crippen molar-refractivity contribution in [1.82, 2.24) is 0 Å². The summed E-state index contributed by atoms with van der Waals surface area (Å²) in [5.74, 6) is -4.12. The second kappa shape index (κ2) is 65.0. The number of carbonyl (C=O) groups is 12. The van der Waals surface area contributed by atoms with E-state index in [1.807, 2.05) is 27.7 Å². The first-order valence-corrected chi connectivity index (χ1v) is 46.3. The lowest BCUT2D eigenvalue weighted by Gasteiger charge is -2.33. The molecule has 123 heavy (non-hydrogen) atoms. The van der Waals surface area contributed by atoms with Gasteiger partial charge in [0.05, 0.1) is 56.1 Å². The van der Waals surface area contributed by atoms with Gasteiger partial charge in [-0.1, -0.05) is 257 Å². The Kier molecular flexibility index (Phi) is 57.3. The molecule has 3 fully saturated rings. The number of benzene rings is 3. The molecule has 0 heterocycles. The maximum atomic E-state index is 12.7. The SMILES string of the molecule is CCC(COC(=O)C1CCCCC1)(COC(=O)C1CCCCC1)COC(=O)C1CCCCC1.CCC(COC(C)=O)(COC(=O)c1ccccc1)COC(=O)c1ccccc1.CCC(COC(C)=O)(COC(C)=O)COC(=O)c1ccccc1.CCCCCCCCC(=O)OCC(CC)(COC(=O)CCCCCCCC)COC(=O)CCCCCCCC. The molecule has 0 aliphatic heterocycles. The highest BCUT2D eigenvalue weighted by Crippen LogP contribution is 2.34. The van der Waals surface area contributed by atoms with Gasteiger partial charge in [0.15, 0.2) is 0 Å². The van der Waals surface area contributed by atoms with E-state index in [0.29, 0.717) is 61.6 Å². The van der Waals surface area contributed by atoms with Crippen molar-refractivity contribution < 1.29 is 114 Å². The molecule has 24 heteroatoms. The van der Waals surface area contributed by atoms with E-state index in [0.717, 1.165) is 135 Å². The molecule has 0 atom stereocenters. The van der Waals surface area contributed by atoms with Crippen LogP contribution in [0.4, 0.5) is 0 Å². The summed E-state index contributed by atoms with van der Waals surface area (Å²) in [6, 6.07) is 25.7. The summed E-state index contributed by atoms with van der Waals surface area (Å²) >= 11 is 0. The van der Waals surface area contributed by atoms with Crippen LogP contribution in [0.25, 0.3) is 0 Å². The first kappa shape index (κ1) is 108. The van der Waals surface area contributed by atoms with Gasteiger partial charge in [-0.05, 0) is 120 Å². The highest BCUT2D eigenvalue weighted by Gasteiger charge is 2.40. The highest BCUT2D eigenvalue weighted by atomic mass is 16.6. The van der Waals surface area contributed by atoms with Crippen molar-refractivity contribution in [2.75, 3.05) is 79.3 Å². The van der Waals surface area contributed by atoms with Crippen molar-refractivity contribution in [2.24, 2.45) is 39.4 Å². The summed E-state index contributed by atoms with van der Waals surface area (Å²) in [6.45, 7) is 18.6. The van der Waals surface area contributed by atoms with E-state index < -0.39 is 57.5 Å². The summed E-state index contributed by atoms with van der Waals surface area (Å²) in [4.78, 5) is 145. The predicted molar refractivity (Wildman–Crippen MR) is 470 cm³/mol. The fraction of sp³-hybridized carbons (Fsp3) is 0.697. The van der Waals surface area contributed by atoms with E-state index in [4.69, 9.17) is 56.8 Å². The van der Waals surface area contributed by atoms with Crippen LogP contribution in [0.1, 0.15) is 357 Å². The molecule has 6 rings (SSSR count). The average Bonchev–Trinajstić information content (AvgIpc) is 0.871. The molecule has 3 aromatic carbocycles. The third kappa shape index (κ3) is 47.8. The van der Waals surface area contributed by atoms with Crippen molar-refractivity contribution in [1.29, 1.82) is 0 Å². The highest BCUT2D eigenvalue weighted by molar-refractivity contribution is 5.90. The van der Waals surface area contributed by atoms with Crippen molar-refractivity contribution in [2.45, 2.75) is 326 Å². The Morgan fingerprint density at radius 1 is 0.244 bits per heavy atom. The predicted octanol–water partition coefficient (Wildman–Crippen LogP) is 21.0. The molecule has 3 aromatic rings. The van der Waals surface area contributed by atoms with Crippen LogP contribution >= 0.6 is 0 Å². The maximum absolute atomic E-state index is 12.7. The summed E-state index contributed by atoms with van der Waals surface area (Å²) < 4.78 is 65.7. The van der Waals surface area contributed by atoms with Gasteiger partial charge in [-0.25, -0.2) is 14.4 Å². The summed E-state index contributed by atoms with van der Waals surface area (Å²) in [5.41, 5.74) is -1.74. The normalized spacial score (nSPS) is 13.8. The Labute approximate surface area is 734 Å². The van der Waals surface area contributed by atoms with Gasteiger partial charge in [0, 0.05) is 40.0 Å². The van der Waals surface area contributed by atoms with Crippen LogP contribution in [0.5, 0.6) is 0 Å². The molecule has 24 nitrogen and oxygen atoms in total. The third-order valence-electron chi connectivity index (χ3n) is 23.5. The molecule has 0 aromatic heterocycles. The molecular weight excluding hydrogens is 1570 g/mol. The van der Waals surface area contributed by atoms with E-state index in [1.165, 1.54) is 97.8 Å². The van der Waals surface area contributed by atoms with E-state index in [9.17, 15) is 57.5 Å². The first-order chi connectivity index (χ1) is 59.3. The number of carbonyl (C=O) groups excluding carboxylic acids is 12. The molecule has 0 saturated heterocycles. The minimum absolute atomic E-state index is 0.00812. The van der Waals surface area contributed by atoms with Crippen LogP contribution in [0.15, 0.2) is 91.0 Å². The number of ether oxygens (including phenoxy) is 12. The van der Waals surface area contributed by atoms with Crippen molar-refractivity contribution in [3.63, 3.8) is 0 Å². The van der Waals surface area contributed by atoms with Gasteiger partial charge in [-0.15, -0.1) is 0 Å². The molecule has 0 unspecified atom stereocenters. The molecule has 0 spiro atoms. The molecule has 692 valence electrons. The third-order valence-corrected chi connectivity index (χ3v) is 23.5. The molecule has 0 amide bonds. The van der Waals surface area contributed by atoms with E-state index >= 15 is 0 Å². The van der Waals surface area contributed by atoms with Gasteiger partial charge in [-0.3, -0.25) is 43.2 Å². The number of esters is 12. The standard InChI is InChI=1S/C33H62O6.C27H44O6.C22H24O6.C17H22O6/c1-5-9-12-15-18-21-24-30(34)37-27-33(8-4,28-38-31(35)25-22-19-16-13-10-6-2)29-39-32(36)26-23-20-17-14-11-7-3;1-2-27(18-31-24(28)21-12-6-3-7-13-21,19-32-25(29)22-14-8-4-9-15-22)20-33-26(30)23-16-10-5-11-17-23;1-3-22(14-26-17(2)23,15-27-20(24)18-10-6-4-7-11-18)16-28-21(25)19-12-8-5-9-13-19;1-4-17(10-21-13(2)18,11-22-14(3)19)12-23-16(20)15-8-6-5-7-9-15/h5-29H2,1-4H3;21-23H,2-20H2,1H3;4-13H,3,14-16H2,1-2H3;5-9H,4,10-12H2,1-3H3. The van der Waals surface area contributed by atoms with Crippen molar-refractivity contribution in [3.05, 3.63) is 108 Å². The monoisotopic (exact) mass is 1730 g/mol. The second-order valence-corrected chi connectivity index (χ2v) is 33.9. The zero-order valence-electron chi connectivity index (χ0n) is 76.5. The lowest BCUT2D eigenvalue weighted by molar-refractivity contribution is -0.169. The van der Waals surface area contributed by atoms with Crippen molar-refractivity contribution in [3.8, 4) is 0 Å². The lowest BCUT2D eigenvalue weighted by Crippen LogP contribution is -2.41. The molecule has 3 aliphatic rings. The van der Waals surface area contributed by atoms with E-state index in [1.54, 1.807) is 91.0 Å². The Balaban J connectivity index is 0.000000430. The second-order valence-electron chi connectivity index (χ2n) is 33.9. The largest absolute Gasteiger partial charge is 0.465 e. The van der Waals surface area contributed by atoms with Crippen LogP contribution in [-0.4, -0.2) is 151 Å². The molecular formula is C99H152O24. The fourth-order valence-corrected chi connectivity index (χ4v) is 14.2. The molecule has 0 bridgehead atoms. The molecule has 0 radical (unpaired) electrons. The average molecular weight is 1730 g/mol.